The third kappa shape index (κ3) is 4.10. The number of rotatable bonds is 6. The van der Waals surface area contributed by atoms with Gasteiger partial charge in [-0.2, -0.15) is 0 Å². The Morgan fingerprint density at radius 3 is 2.56 bits per heavy atom. The summed E-state index contributed by atoms with van der Waals surface area (Å²) >= 11 is 0. The first kappa shape index (κ1) is 13.5. The minimum absolute atomic E-state index is 0.178. The summed E-state index contributed by atoms with van der Waals surface area (Å²) < 4.78 is 4.96. The van der Waals surface area contributed by atoms with E-state index < -0.39 is 0 Å². The lowest BCUT2D eigenvalue weighted by atomic mass is 9.79. The van der Waals surface area contributed by atoms with Crippen molar-refractivity contribution in [2.75, 3.05) is 20.3 Å². The van der Waals surface area contributed by atoms with E-state index in [0.717, 1.165) is 18.8 Å². The first-order valence-corrected chi connectivity index (χ1v) is 6.16. The molecule has 1 atom stereocenters. The molecule has 1 amide bonds. The highest BCUT2D eigenvalue weighted by Crippen LogP contribution is 2.30. The minimum Gasteiger partial charge on any atom is -0.383 e. The highest BCUT2D eigenvalue weighted by molar-refractivity contribution is 5.80. The monoisotopic (exact) mass is 228 g/mol. The van der Waals surface area contributed by atoms with Crippen molar-refractivity contribution in [1.82, 2.24) is 5.32 Å². The van der Waals surface area contributed by atoms with Crippen molar-refractivity contribution < 1.29 is 9.53 Å². The molecule has 1 aliphatic carbocycles. The van der Waals surface area contributed by atoms with Gasteiger partial charge in [0.25, 0.3) is 0 Å². The summed E-state index contributed by atoms with van der Waals surface area (Å²) in [5.74, 6) is 0.977. The third-order valence-corrected chi connectivity index (χ3v) is 3.51. The fourth-order valence-corrected chi connectivity index (χ4v) is 2.44. The molecule has 3 N–H and O–H groups in total. The molecule has 0 heterocycles. The Morgan fingerprint density at radius 2 is 2.06 bits per heavy atom. The fraction of sp³-hybridized carbons (Fsp3) is 0.917. The molecule has 0 bridgehead atoms. The molecule has 0 aromatic carbocycles. The van der Waals surface area contributed by atoms with Crippen molar-refractivity contribution in [3.8, 4) is 0 Å². The van der Waals surface area contributed by atoms with E-state index in [1.807, 2.05) is 0 Å². The van der Waals surface area contributed by atoms with E-state index in [1.165, 1.54) is 12.8 Å². The molecule has 0 aliphatic heterocycles. The Kier molecular flexibility index (Phi) is 5.77. The lowest BCUT2D eigenvalue weighted by Crippen LogP contribution is -2.48. The summed E-state index contributed by atoms with van der Waals surface area (Å²) in [5, 5.41) is 3.21. The molecule has 1 aliphatic rings. The van der Waals surface area contributed by atoms with Crippen LogP contribution in [0.4, 0.5) is 0 Å². The van der Waals surface area contributed by atoms with Crippen molar-refractivity contribution >= 4 is 5.91 Å². The Morgan fingerprint density at radius 1 is 1.44 bits per heavy atom. The van der Waals surface area contributed by atoms with Gasteiger partial charge in [-0.3, -0.25) is 4.79 Å². The zero-order valence-electron chi connectivity index (χ0n) is 10.4. The van der Waals surface area contributed by atoms with Crippen molar-refractivity contribution in [2.45, 2.75) is 38.6 Å². The number of ether oxygens (including phenoxy) is 1. The molecule has 0 spiro atoms. The van der Waals surface area contributed by atoms with Gasteiger partial charge in [0.05, 0.1) is 12.6 Å². The van der Waals surface area contributed by atoms with E-state index in [9.17, 15) is 4.79 Å². The van der Waals surface area contributed by atoms with Gasteiger partial charge in [0.2, 0.25) is 5.91 Å². The summed E-state index contributed by atoms with van der Waals surface area (Å²) in [6.07, 6.45) is 4.63. The van der Waals surface area contributed by atoms with Gasteiger partial charge in [-0.25, -0.2) is 0 Å². The van der Waals surface area contributed by atoms with E-state index in [0.29, 0.717) is 19.1 Å². The quantitative estimate of drug-likeness (QED) is 0.664. The SMILES string of the molecule is COCCNC(C(N)=O)C1CCC(C)CC1. The zero-order valence-corrected chi connectivity index (χ0v) is 10.4. The highest BCUT2D eigenvalue weighted by atomic mass is 16.5. The Bertz CT molecular complexity index is 213. The van der Waals surface area contributed by atoms with Crippen LogP contribution >= 0.6 is 0 Å². The van der Waals surface area contributed by atoms with Gasteiger partial charge in [0, 0.05) is 13.7 Å². The van der Waals surface area contributed by atoms with Crippen LogP contribution in [0, 0.1) is 11.8 Å². The van der Waals surface area contributed by atoms with Gasteiger partial charge in [0.15, 0.2) is 0 Å². The van der Waals surface area contributed by atoms with Crippen LogP contribution in [0.1, 0.15) is 32.6 Å². The summed E-state index contributed by atoms with van der Waals surface area (Å²) in [4.78, 5) is 11.4. The number of nitrogens with one attached hydrogen (secondary N) is 1. The number of amides is 1. The highest BCUT2D eigenvalue weighted by Gasteiger charge is 2.29. The normalized spacial score (nSPS) is 27.6. The number of carbonyl (C=O) groups is 1. The maximum absolute atomic E-state index is 11.4. The molecule has 1 saturated carbocycles. The van der Waals surface area contributed by atoms with Crippen LogP contribution in [0.15, 0.2) is 0 Å². The number of hydrogen-bond acceptors (Lipinski definition) is 3. The summed E-state index contributed by atoms with van der Waals surface area (Å²) in [6, 6.07) is -0.178. The average molecular weight is 228 g/mol. The molecule has 94 valence electrons. The molecular formula is C12H24N2O2. The predicted molar refractivity (Wildman–Crippen MR) is 64.0 cm³/mol. The van der Waals surface area contributed by atoms with Crippen LogP contribution < -0.4 is 11.1 Å². The lowest BCUT2D eigenvalue weighted by Gasteiger charge is -2.31. The maximum atomic E-state index is 11.4. The van der Waals surface area contributed by atoms with E-state index in [4.69, 9.17) is 10.5 Å². The minimum atomic E-state index is -0.226. The molecule has 0 radical (unpaired) electrons. The van der Waals surface area contributed by atoms with E-state index >= 15 is 0 Å². The predicted octanol–water partition coefficient (Wildman–Crippen LogP) is 0.903. The molecule has 4 nitrogen and oxygen atoms in total. The second-order valence-electron chi connectivity index (χ2n) is 4.85. The number of methoxy groups -OCH3 is 1. The summed E-state index contributed by atoms with van der Waals surface area (Å²) in [7, 11) is 1.66. The van der Waals surface area contributed by atoms with Gasteiger partial charge in [-0.05, 0) is 24.7 Å². The fourth-order valence-electron chi connectivity index (χ4n) is 2.44. The van der Waals surface area contributed by atoms with E-state index in [1.54, 1.807) is 7.11 Å². The number of nitrogens with two attached hydrogens (primary N) is 1. The van der Waals surface area contributed by atoms with Crippen LogP contribution in [-0.4, -0.2) is 32.2 Å². The molecular weight excluding hydrogens is 204 g/mol. The van der Waals surface area contributed by atoms with E-state index in [-0.39, 0.29) is 11.9 Å². The van der Waals surface area contributed by atoms with Crippen LogP contribution in [0.3, 0.4) is 0 Å². The van der Waals surface area contributed by atoms with Crippen molar-refractivity contribution in [3.05, 3.63) is 0 Å². The van der Waals surface area contributed by atoms with E-state index in [2.05, 4.69) is 12.2 Å². The zero-order chi connectivity index (χ0) is 12.0. The molecule has 1 rings (SSSR count). The standard InChI is InChI=1S/C12H24N2O2/c1-9-3-5-10(6-4-9)11(12(13)15)14-7-8-16-2/h9-11,14H,3-8H2,1-2H3,(H2,13,15). The Balaban J connectivity index is 2.40. The molecule has 1 fully saturated rings. The molecule has 0 aromatic rings. The first-order chi connectivity index (χ1) is 7.65. The molecule has 16 heavy (non-hydrogen) atoms. The first-order valence-electron chi connectivity index (χ1n) is 6.16. The van der Waals surface area contributed by atoms with Crippen LogP contribution in [0.25, 0.3) is 0 Å². The lowest BCUT2D eigenvalue weighted by molar-refractivity contribution is -0.121. The van der Waals surface area contributed by atoms with Crippen LogP contribution in [0.2, 0.25) is 0 Å². The smallest absolute Gasteiger partial charge is 0.234 e. The third-order valence-electron chi connectivity index (χ3n) is 3.51. The topological polar surface area (TPSA) is 64.3 Å². The second kappa shape index (κ2) is 6.86. The van der Waals surface area contributed by atoms with Crippen molar-refractivity contribution in [3.63, 3.8) is 0 Å². The van der Waals surface area contributed by atoms with Gasteiger partial charge in [-0.15, -0.1) is 0 Å². The molecule has 1 unspecified atom stereocenters. The Hall–Kier alpha value is -0.610. The van der Waals surface area contributed by atoms with Crippen LogP contribution in [-0.2, 0) is 9.53 Å². The Labute approximate surface area is 97.9 Å². The summed E-state index contributed by atoms with van der Waals surface area (Å²) in [5.41, 5.74) is 5.44. The van der Waals surface area contributed by atoms with Gasteiger partial charge >= 0.3 is 0 Å². The second-order valence-corrected chi connectivity index (χ2v) is 4.85. The van der Waals surface area contributed by atoms with Gasteiger partial charge in [0.1, 0.15) is 0 Å². The van der Waals surface area contributed by atoms with Gasteiger partial charge < -0.3 is 15.8 Å². The molecule has 4 heteroatoms. The van der Waals surface area contributed by atoms with Crippen LogP contribution in [0.5, 0.6) is 0 Å². The molecule has 0 aromatic heterocycles. The largest absolute Gasteiger partial charge is 0.383 e. The maximum Gasteiger partial charge on any atom is 0.234 e. The number of hydrogen-bond donors (Lipinski definition) is 2. The van der Waals surface area contributed by atoms with Crippen molar-refractivity contribution in [2.24, 2.45) is 17.6 Å². The molecule has 0 saturated heterocycles. The number of carbonyl (C=O) groups excluding carboxylic acids is 1. The average Bonchev–Trinajstić information content (AvgIpc) is 2.26. The van der Waals surface area contributed by atoms with Gasteiger partial charge in [-0.1, -0.05) is 19.8 Å². The number of primary amides is 1. The summed E-state index contributed by atoms with van der Waals surface area (Å²) in [6.45, 7) is 3.58. The van der Waals surface area contributed by atoms with Crippen molar-refractivity contribution in [1.29, 1.82) is 0 Å².